The number of rotatable bonds is 5. The summed E-state index contributed by atoms with van der Waals surface area (Å²) in [4.78, 5) is 23.2. The summed E-state index contributed by atoms with van der Waals surface area (Å²) in [6.45, 7) is 1.80. The lowest BCUT2D eigenvalue weighted by Crippen LogP contribution is -2.05. The first kappa shape index (κ1) is 14.0. The normalized spacial score (nSPS) is 12.4. The highest BCUT2D eigenvalue weighted by Gasteiger charge is 2.20. The van der Waals surface area contributed by atoms with Gasteiger partial charge in [0.05, 0.1) is 23.0 Å². The quantitative estimate of drug-likeness (QED) is 0.726. The van der Waals surface area contributed by atoms with Gasteiger partial charge in [-0.1, -0.05) is 18.1 Å². The Labute approximate surface area is 125 Å². The summed E-state index contributed by atoms with van der Waals surface area (Å²) >= 11 is 0. The van der Waals surface area contributed by atoms with E-state index < -0.39 is 5.97 Å². The van der Waals surface area contributed by atoms with Crippen LogP contribution >= 0.6 is 0 Å². The summed E-state index contributed by atoms with van der Waals surface area (Å²) in [5, 5.41) is 16.7. The first-order chi connectivity index (χ1) is 10.6. The summed E-state index contributed by atoms with van der Waals surface area (Å²) in [6.07, 6.45) is 3.50. The average molecular weight is 299 g/mol. The molecule has 3 heterocycles. The molecule has 0 bridgehead atoms. The molecule has 1 atom stereocenters. The second kappa shape index (κ2) is 5.44. The minimum Gasteiger partial charge on any atom is -0.475 e. The molecule has 0 amide bonds. The fourth-order valence-electron chi connectivity index (χ4n) is 2.26. The van der Waals surface area contributed by atoms with Crippen LogP contribution in [-0.2, 0) is 0 Å². The molecule has 0 aliphatic heterocycles. The molecule has 3 aromatic rings. The van der Waals surface area contributed by atoms with Crippen LogP contribution in [0.5, 0.6) is 0 Å². The van der Waals surface area contributed by atoms with Crippen molar-refractivity contribution in [3.63, 3.8) is 0 Å². The highest BCUT2D eigenvalue weighted by atomic mass is 16.5. The number of carbonyl (C=O) groups is 2. The average Bonchev–Trinajstić information content (AvgIpc) is 3.14. The molecule has 0 saturated carbocycles. The standard InChI is InChI=1S/C15H13N3O4/c1-9(11-7-14(15(20)21)22-17-11)6-13(19)10-8-16-18-5-3-2-4-12(10)18/h2-5,7-9H,6H2,1H3,(H,20,21)/t9-/m0/s1. The van der Waals surface area contributed by atoms with Gasteiger partial charge in [-0.25, -0.2) is 9.31 Å². The second-order valence-corrected chi connectivity index (χ2v) is 5.04. The van der Waals surface area contributed by atoms with Crippen LogP contribution in [0.2, 0.25) is 0 Å². The second-order valence-electron chi connectivity index (χ2n) is 5.04. The maximum absolute atomic E-state index is 12.4. The van der Waals surface area contributed by atoms with Crippen LogP contribution in [0.15, 0.2) is 41.2 Å². The van der Waals surface area contributed by atoms with E-state index in [-0.39, 0.29) is 23.9 Å². The van der Waals surface area contributed by atoms with Gasteiger partial charge in [-0.2, -0.15) is 5.10 Å². The number of fused-ring (bicyclic) bond motifs is 1. The molecule has 3 rings (SSSR count). The topological polar surface area (TPSA) is 97.7 Å². The Morgan fingerprint density at radius 3 is 2.95 bits per heavy atom. The first-order valence-corrected chi connectivity index (χ1v) is 6.71. The van der Waals surface area contributed by atoms with E-state index in [9.17, 15) is 9.59 Å². The first-order valence-electron chi connectivity index (χ1n) is 6.71. The van der Waals surface area contributed by atoms with Crippen molar-refractivity contribution in [3.05, 3.63) is 53.7 Å². The molecule has 1 N–H and O–H groups in total. The predicted octanol–water partition coefficient (Wildman–Crippen LogP) is 2.40. The largest absolute Gasteiger partial charge is 0.475 e. The van der Waals surface area contributed by atoms with E-state index in [1.807, 2.05) is 18.2 Å². The molecule has 7 nitrogen and oxygen atoms in total. The van der Waals surface area contributed by atoms with Crippen molar-refractivity contribution < 1.29 is 19.2 Å². The van der Waals surface area contributed by atoms with E-state index in [0.29, 0.717) is 11.3 Å². The Morgan fingerprint density at radius 2 is 2.23 bits per heavy atom. The number of Topliss-reactive ketones (excluding diaryl/α,β-unsaturated/α-hetero) is 1. The van der Waals surface area contributed by atoms with Gasteiger partial charge in [0.1, 0.15) is 0 Å². The van der Waals surface area contributed by atoms with Crippen LogP contribution < -0.4 is 0 Å². The summed E-state index contributed by atoms with van der Waals surface area (Å²) in [7, 11) is 0. The highest BCUT2D eigenvalue weighted by molar-refractivity contribution is 6.02. The van der Waals surface area contributed by atoms with Gasteiger partial charge in [0.2, 0.25) is 5.76 Å². The van der Waals surface area contributed by atoms with E-state index in [1.54, 1.807) is 17.6 Å². The van der Waals surface area contributed by atoms with Gasteiger partial charge < -0.3 is 9.63 Å². The lowest BCUT2D eigenvalue weighted by molar-refractivity contribution is 0.0651. The summed E-state index contributed by atoms with van der Waals surface area (Å²) < 4.78 is 6.35. The zero-order chi connectivity index (χ0) is 15.7. The number of aromatic nitrogens is 3. The maximum atomic E-state index is 12.4. The number of carbonyl (C=O) groups excluding carboxylic acids is 1. The number of pyridine rings is 1. The molecule has 0 spiro atoms. The van der Waals surface area contributed by atoms with E-state index in [0.717, 1.165) is 5.52 Å². The predicted molar refractivity (Wildman–Crippen MR) is 76.0 cm³/mol. The molecular formula is C15H13N3O4. The zero-order valence-electron chi connectivity index (χ0n) is 11.8. The van der Waals surface area contributed by atoms with Crippen molar-refractivity contribution in [2.45, 2.75) is 19.3 Å². The smallest absolute Gasteiger partial charge is 0.374 e. The van der Waals surface area contributed by atoms with Gasteiger partial charge >= 0.3 is 5.97 Å². The van der Waals surface area contributed by atoms with Gasteiger partial charge in [-0.3, -0.25) is 4.79 Å². The molecule has 3 aromatic heterocycles. The number of aromatic carboxylic acids is 1. The molecule has 0 radical (unpaired) electrons. The summed E-state index contributed by atoms with van der Waals surface area (Å²) in [6, 6.07) is 6.84. The number of nitrogens with zero attached hydrogens (tertiary/aromatic N) is 3. The number of ketones is 1. The number of hydrogen-bond donors (Lipinski definition) is 1. The number of carboxylic acids is 1. The van der Waals surface area contributed by atoms with Gasteiger partial charge in [-0.15, -0.1) is 0 Å². The van der Waals surface area contributed by atoms with Crippen molar-refractivity contribution in [2.24, 2.45) is 0 Å². The van der Waals surface area contributed by atoms with Crippen LogP contribution in [0.4, 0.5) is 0 Å². The third-order valence-electron chi connectivity index (χ3n) is 3.46. The Balaban J connectivity index is 1.79. The Bertz CT molecular complexity index is 849. The zero-order valence-corrected chi connectivity index (χ0v) is 11.8. The minimum absolute atomic E-state index is 0.0754. The van der Waals surface area contributed by atoms with Crippen LogP contribution in [0.3, 0.4) is 0 Å². The van der Waals surface area contributed by atoms with Crippen molar-refractivity contribution in [1.29, 1.82) is 0 Å². The molecule has 22 heavy (non-hydrogen) atoms. The maximum Gasteiger partial charge on any atom is 0.374 e. The van der Waals surface area contributed by atoms with Gasteiger partial charge in [0.15, 0.2) is 5.78 Å². The van der Waals surface area contributed by atoms with Crippen molar-refractivity contribution in [2.75, 3.05) is 0 Å². The van der Waals surface area contributed by atoms with E-state index in [4.69, 9.17) is 9.63 Å². The summed E-state index contributed by atoms with van der Waals surface area (Å²) in [5.41, 5.74) is 1.72. The molecule has 0 aromatic carbocycles. The molecule has 0 aliphatic carbocycles. The van der Waals surface area contributed by atoms with Crippen molar-refractivity contribution in [3.8, 4) is 0 Å². The van der Waals surface area contributed by atoms with E-state index in [2.05, 4.69) is 10.3 Å². The van der Waals surface area contributed by atoms with Gasteiger partial charge in [0, 0.05) is 24.6 Å². The molecular weight excluding hydrogens is 286 g/mol. The minimum atomic E-state index is -1.18. The fourth-order valence-corrected chi connectivity index (χ4v) is 2.26. The Morgan fingerprint density at radius 1 is 1.41 bits per heavy atom. The lowest BCUT2D eigenvalue weighted by atomic mass is 9.97. The van der Waals surface area contributed by atoms with E-state index >= 15 is 0 Å². The van der Waals surface area contributed by atoms with Gasteiger partial charge in [0.25, 0.3) is 0 Å². The number of carboxylic acid groups (broad SMARTS) is 1. The third-order valence-corrected chi connectivity index (χ3v) is 3.46. The molecule has 0 saturated heterocycles. The Kier molecular flexibility index (Phi) is 3.46. The van der Waals surface area contributed by atoms with Crippen LogP contribution in [0.25, 0.3) is 5.52 Å². The fraction of sp³-hybridized carbons (Fsp3) is 0.200. The van der Waals surface area contributed by atoms with Gasteiger partial charge in [-0.05, 0) is 12.1 Å². The van der Waals surface area contributed by atoms with Crippen molar-refractivity contribution >= 4 is 17.3 Å². The SMILES string of the molecule is C[C@@H](CC(=O)c1cnn2ccccc12)c1cc(C(=O)O)on1. The van der Waals surface area contributed by atoms with Crippen LogP contribution in [-0.4, -0.2) is 31.6 Å². The Hall–Kier alpha value is -2.96. The summed E-state index contributed by atoms with van der Waals surface area (Å²) in [5.74, 6) is -1.73. The molecule has 0 unspecified atom stereocenters. The molecule has 0 aliphatic rings. The molecule has 0 fully saturated rings. The van der Waals surface area contributed by atoms with Crippen molar-refractivity contribution in [1.82, 2.24) is 14.8 Å². The monoisotopic (exact) mass is 299 g/mol. The lowest BCUT2D eigenvalue weighted by Gasteiger charge is -2.05. The van der Waals surface area contributed by atoms with Crippen LogP contribution in [0, 0.1) is 0 Å². The van der Waals surface area contributed by atoms with E-state index in [1.165, 1.54) is 12.3 Å². The van der Waals surface area contributed by atoms with Crippen LogP contribution in [0.1, 0.15) is 45.9 Å². The number of hydrogen-bond acceptors (Lipinski definition) is 5. The third kappa shape index (κ3) is 2.48. The molecule has 112 valence electrons. The molecule has 7 heteroatoms. The highest BCUT2D eigenvalue weighted by Crippen LogP contribution is 2.22.